The van der Waals surface area contributed by atoms with Crippen LogP contribution in [0, 0.1) is 0 Å². The van der Waals surface area contributed by atoms with Crippen molar-refractivity contribution < 1.29 is 4.79 Å². The zero-order chi connectivity index (χ0) is 14.5. The lowest BCUT2D eigenvalue weighted by Crippen LogP contribution is -2.24. The van der Waals surface area contributed by atoms with Gasteiger partial charge in [-0.25, -0.2) is 9.29 Å². The third kappa shape index (κ3) is 3.88. The maximum atomic E-state index is 12.4. The van der Waals surface area contributed by atoms with Gasteiger partial charge < -0.3 is 5.73 Å². The monoisotopic (exact) mass is 331 g/mol. The summed E-state index contributed by atoms with van der Waals surface area (Å²) in [5.41, 5.74) is 5.91. The van der Waals surface area contributed by atoms with Crippen LogP contribution in [-0.4, -0.2) is 28.2 Å². The van der Waals surface area contributed by atoms with E-state index in [1.165, 1.54) is 24.6 Å². The second kappa shape index (κ2) is 7.31. The first-order valence-electron chi connectivity index (χ1n) is 6.33. The molecule has 2 rings (SSSR count). The lowest BCUT2D eigenvalue weighted by molar-refractivity contribution is 0.104. The average Bonchev–Trinajstić information content (AvgIpc) is 2.45. The van der Waals surface area contributed by atoms with Gasteiger partial charge in [-0.2, -0.15) is 0 Å². The number of ketones is 1. The van der Waals surface area contributed by atoms with Crippen LogP contribution in [0.5, 0.6) is 0 Å². The Morgan fingerprint density at radius 3 is 2.60 bits per heavy atom. The summed E-state index contributed by atoms with van der Waals surface area (Å²) in [6, 6.07) is 3.11. The van der Waals surface area contributed by atoms with Gasteiger partial charge >= 0.3 is 0 Å². The van der Waals surface area contributed by atoms with Crippen LogP contribution in [0.2, 0.25) is 10.3 Å². The maximum absolute atomic E-state index is 12.4. The van der Waals surface area contributed by atoms with E-state index >= 15 is 0 Å². The molecule has 0 unspecified atom stereocenters. The Morgan fingerprint density at radius 2 is 2.00 bits per heavy atom. The SMILES string of the molecule is N/C=C(\SN1CCCCC1)C(=O)c1ccc(Cl)nc1Cl. The summed E-state index contributed by atoms with van der Waals surface area (Å²) in [5.74, 6) is -0.225. The number of hydrogen-bond donors (Lipinski definition) is 1. The molecule has 0 bridgehead atoms. The van der Waals surface area contributed by atoms with Gasteiger partial charge in [-0.3, -0.25) is 4.79 Å². The van der Waals surface area contributed by atoms with E-state index in [9.17, 15) is 4.79 Å². The van der Waals surface area contributed by atoms with Gasteiger partial charge in [0.15, 0.2) is 0 Å². The fourth-order valence-electron chi connectivity index (χ4n) is 1.96. The number of hydrogen-bond acceptors (Lipinski definition) is 5. The molecule has 1 saturated heterocycles. The molecular weight excluding hydrogens is 317 g/mol. The summed E-state index contributed by atoms with van der Waals surface area (Å²) < 4.78 is 2.15. The first-order chi connectivity index (χ1) is 9.61. The number of piperidine rings is 1. The third-order valence-electron chi connectivity index (χ3n) is 2.98. The van der Waals surface area contributed by atoms with Gasteiger partial charge in [0.2, 0.25) is 5.78 Å². The Labute approximate surface area is 132 Å². The highest BCUT2D eigenvalue weighted by molar-refractivity contribution is 8.01. The first-order valence-corrected chi connectivity index (χ1v) is 7.86. The minimum atomic E-state index is -0.225. The van der Waals surface area contributed by atoms with Crippen molar-refractivity contribution in [2.45, 2.75) is 19.3 Å². The van der Waals surface area contributed by atoms with Gasteiger partial charge in [0, 0.05) is 19.3 Å². The van der Waals surface area contributed by atoms with Crippen molar-refractivity contribution in [3.05, 3.63) is 39.1 Å². The fraction of sp³-hybridized carbons (Fsp3) is 0.385. The zero-order valence-corrected chi connectivity index (χ0v) is 13.1. The number of allylic oxidation sites excluding steroid dienone is 1. The fourth-order valence-corrected chi connectivity index (χ4v) is 3.36. The van der Waals surface area contributed by atoms with E-state index in [1.807, 2.05) is 0 Å². The number of nitrogens with zero attached hydrogens (tertiary/aromatic N) is 2. The highest BCUT2D eigenvalue weighted by atomic mass is 35.5. The van der Waals surface area contributed by atoms with Crippen LogP contribution in [0.15, 0.2) is 23.2 Å². The second-order valence-electron chi connectivity index (χ2n) is 4.41. The smallest absolute Gasteiger partial charge is 0.205 e. The number of Topliss-reactive ketones (excluding diaryl/α,β-unsaturated/α-hetero) is 1. The van der Waals surface area contributed by atoms with Crippen LogP contribution in [-0.2, 0) is 0 Å². The number of rotatable bonds is 4. The van der Waals surface area contributed by atoms with Gasteiger partial charge in [0.25, 0.3) is 0 Å². The number of nitrogens with two attached hydrogens (primary N) is 1. The molecule has 1 aromatic heterocycles. The molecule has 4 nitrogen and oxygen atoms in total. The second-order valence-corrected chi connectivity index (χ2v) is 6.30. The number of carbonyl (C=O) groups excluding carboxylic acids is 1. The van der Waals surface area contributed by atoms with E-state index in [0.29, 0.717) is 10.5 Å². The van der Waals surface area contributed by atoms with Crippen LogP contribution >= 0.6 is 35.1 Å². The average molecular weight is 332 g/mol. The molecule has 0 amide bonds. The molecule has 1 aliphatic heterocycles. The van der Waals surface area contributed by atoms with Crippen molar-refractivity contribution in [1.29, 1.82) is 0 Å². The molecule has 0 radical (unpaired) electrons. The van der Waals surface area contributed by atoms with E-state index < -0.39 is 0 Å². The van der Waals surface area contributed by atoms with Crippen molar-refractivity contribution in [3.8, 4) is 0 Å². The van der Waals surface area contributed by atoms with E-state index in [4.69, 9.17) is 28.9 Å². The molecule has 2 heterocycles. The highest BCUT2D eigenvalue weighted by Crippen LogP contribution is 2.29. The Hall–Kier alpha value is -0.750. The molecule has 1 aromatic rings. The van der Waals surface area contributed by atoms with Gasteiger partial charge in [0.1, 0.15) is 10.3 Å². The standard InChI is InChI=1S/C13H15Cl2N3OS/c14-11-5-4-9(13(15)17-11)12(19)10(8-16)20-18-6-2-1-3-7-18/h4-5,8H,1-3,6-7,16H2/b10-8-. The molecule has 1 aliphatic rings. The van der Waals surface area contributed by atoms with Crippen LogP contribution in [0.1, 0.15) is 29.6 Å². The van der Waals surface area contributed by atoms with Crippen molar-refractivity contribution in [3.63, 3.8) is 0 Å². The molecule has 0 spiro atoms. The summed E-state index contributed by atoms with van der Waals surface area (Å²) in [5, 5.41) is 0.356. The van der Waals surface area contributed by atoms with Crippen molar-refractivity contribution in [1.82, 2.24) is 9.29 Å². The number of pyridine rings is 1. The van der Waals surface area contributed by atoms with Crippen LogP contribution in [0.25, 0.3) is 0 Å². The number of halogens is 2. The summed E-state index contributed by atoms with van der Waals surface area (Å²) in [4.78, 5) is 16.8. The molecule has 2 N–H and O–H groups in total. The normalized spacial score (nSPS) is 17.2. The summed E-state index contributed by atoms with van der Waals surface area (Å²) >= 11 is 13.1. The highest BCUT2D eigenvalue weighted by Gasteiger charge is 2.21. The van der Waals surface area contributed by atoms with Gasteiger partial charge in [-0.1, -0.05) is 29.6 Å². The molecular formula is C13H15Cl2N3OS. The molecule has 108 valence electrons. The lowest BCUT2D eigenvalue weighted by atomic mass is 10.2. The van der Waals surface area contributed by atoms with E-state index in [2.05, 4.69) is 9.29 Å². The Kier molecular flexibility index (Phi) is 5.72. The number of aromatic nitrogens is 1. The van der Waals surface area contributed by atoms with Crippen LogP contribution < -0.4 is 5.73 Å². The molecule has 0 atom stereocenters. The minimum absolute atomic E-state index is 0.0982. The van der Waals surface area contributed by atoms with Crippen molar-refractivity contribution in [2.24, 2.45) is 5.73 Å². The molecule has 0 aromatic carbocycles. The van der Waals surface area contributed by atoms with E-state index in [0.717, 1.165) is 25.9 Å². The molecule has 7 heteroatoms. The van der Waals surface area contributed by atoms with Crippen LogP contribution in [0.3, 0.4) is 0 Å². The third-order valence-corrected chi connectivity index (χ3v) is 4.62. The largest absolute Gasteiger partial charge is 0.404 e. The molecule has 20 heavy (non-hydrogen) atoms. The van der Waals surface area contributed by atoms with Gasteiger partial charge in [0.05, 0.1) is 10.5 Å². The number of carbonyl (C=O) groups is 1. The topological polar surface area (TPSA) is 59.2 Å². The van der Waals surface area contributed by atoms with E-state index in [-0.39, 0.29) is 16.1 Å². The predicted molar refractivity (Wildman–Crippen MR) is 83.9 cm³/mol. The summed E-state index contributed by atoms with van der Waals surface area (Å²) in [6.45, 7) is 1.92. The van der Waals surface area contributed by atoms with Gasteiger partial charge in [-0.05, 0) is 36.9 Å². The van der Waals surface area contributed by atoms with Gasteiger partial charge in [-0.15, -0.1) is 0 Å². The minimum Gasteiger partial charge on any atom is -0.404 e. The zero-order valence-electron chi connectivity index (χ0n) is 10.8. The van der Waals surface area contributed by atoms with E-state index in [1.54, 1.807) is 12.1 Å². The summed E-state index contributed by atoms with van der Waals surface area (Å²) in [6.07, 6.45) is 4.84. The predicted octanol–water partition coefficient (Wildman–Crippen LogP) is 3.51. The Balaban J connectivity index is 2.12. The maximum Gasteiger partial charge on any atom is 0.205 e. The van der Waals surface area contributed by atoms with Crippen molar-refractivity contribution in [2.75, 3.05) is 13.1 Å². The molecule has 0 aliphatic carbocycles. The molecule has 1 fully saturated rings. The lowest BCUT2D eigenvalue weighted by Gasteiger charge is -2.25. The molecule has 0 saturated carbocycles. The Morgan fingerprint density at radius 1 is 1.30 bits per heavy atom. The van der Waals surface area contributed by atoms with Crippen molar-refractivity contribution >= 4 is 40.9 Å². The summed E-state index contributed by atoms with van der Waals surface area (Å²) in [7, 11) is 0. The quantitative estimate of drug-likeness (QED) is 0.396. The van der Waals surface area contributed by atoms with Crippen LogP contribution in [0.4, 0.5) is 0 Å². The first kappa shape index (κ1) is 15.6. The Bertz CT molecular complexity index is 530.